The van der Waals surface area contributed by atoms with Crippen molar-refractivity contribution in [1.82, 2.24) is 9.55 Å². The lowest BCUT2D eigenvalue weighted by atomic mass is 10.2. The number of nitriles is 1. The van der Waals surface area contributed by atoms with Crippen LogP contribution in [-0.4, -0.2) is 9.55 Å². The third kappa shape index (κ3) is 2.72. The second-order valence-corrected chi connectivity index (χ2v) is 7.43. The molecule has 1 aliphatic rings. The van der Waals surface area contributed by atoms with Crippen LogP contribution in [0.1, 0.15) is 30.0 Å². The summed E-state index contributed by atoms with van der Waals surface area (Å²) in [6.07, 6.45) is 1.79. The van der Waals surface area contributed by atoms with Crippen LogP contribution in [0.2, 0.25) is 0 Å². The van der Waals surface area contributed by atoms with Gasteiger partial charge in [-0.25, -0.2) is 9.37 Å². The molecule has 0 spiro atoms. The van der Waals surface area contributed by atoms with E-state index in [-0.39, 0.29) is 27.8 Å². The first-order valence-corrected chi connectivity index (χ1v) is 9.00. The molecule has 1 fully saturated rings. The van der Waals surface area contributed by atoms with Crippen molar-refractivity contribution in [2.45, 2.75) is 35.7 Å². The molecule has 130 valence electrons. The molecule has 1 aromatic carbocycles. The van der Waals surface area contributed by atoms with Gasteiger partial charge in [-0.2, -0.15) is 5.26 Å². The van der Waals surface area contributed by atoms with Gasteiger partial charge in [0.2, 0.25) is 5.43 Å². The maximum Gasteiger partial charge on any atom is 0.211 e. The molecule has 7 heteroatoms. The largest absolute Gasteiger partial charge is 0.384 e. The van der Waals surface area contributed by atoms with E-state index in [0.717, 1.165) is 23.3 Å². The molecule has 0 radical (unpaired) electrons. The molecule has 4 rings (SSSR count). The highest BCUT2D eigenvalue weighted by Crippen LogP contribution is 2.40. The number of benzene rings is 1. The van der Waals surface area contributed by atoms with Crippen LogP contribution in [0.4, 0.5) is 10.2 Å². The van der Waals surface area contributed by atoms with Crippen LogP contribution in [0, 0.1) is 24.1 Å². The van der Waals surface area contributed by atoms with E-state index in [1.165, 1.54) is 17.8 Å². The zero-order chi connectivity index (χ0) is 18.4. The standard InChI is InChI=1S/C19H15FN4OS/c1-10-2-6-12(7-3-10)26-19-15(20)8-13-16(25)14(9-21)17(22)24(11-4-5-11)18(13)23-19/h2-3,6-8,11H,4-5,22H2,1H3. The summed E-state index contributed by atoms with van der Waals surface area (Å²) in [6.45, 7) is 1.98. The Labute approximate surface area is 153 Å². The van der Waals surface area contributed by atoms with E-state index in [1.807, 2.05) is 37.3 Å². The van der Waals surface area contributed by atoms with E-state index in [9.17, 15) is 14.4 Å². The first-order valence-electron chi connectivity index (χ1n) is 8.18. The van der Waals surface area contributed by atoms with E-state index in [1.54, 1.807) is 4.57 Å². The Balaban J connectivity index is 1.93. The Bertz CT molecular complexity index is 1130. The minimum atomic E-state index is -0.587. The number of rotatable bonds is 3. The van der Waals surface area contributed by atoms with Gasteiger partial charge in [-0.15, -0.1) is 0 Å². The second kappa shape index (κ2) is 6.15. The minimum Gasteiger partial charge on any atom is -0.384 e. The summed E-state index contributed by atoms with van der Waals surface area (Å²) >= 11 is 1.19. The fourth-order valence-electron chi connectivity index (χ4n) is 2.90. The molecule has 0 aliphatic heterocycles. The zero-order valence-corrected chi connectivity index (χ0v) is 14.8. The second-order valence-electron chi connectivity index (χ2n) is 6.36. The maximum atomic E-state index is 14.6. The number of aromatic nitrogens is 2. The van der Waals surface area contributed by atoms with Crippen molar-refractivity contribution in [2.24, 2.45) is 0 Å². The number of halogens is 1. The van der Waals surface area contributed by atoms with Gasteiger partial charge in [0.05, 0.1) is 5.39 Å². The van der Waals surface area contributed by atoms with Crippen LogP contribution in [0.3, 0.4) is 0 Å². The first kappa shape index (κ1) is 16.6. The molecule has 1 saturated carbocycles. The number of nitrogens with zero attached hydrogens (tertiary/aromatic N) is 3. The molecule has 0 amide bonds. The van der Waals surface area contributed by atoms with E-state index in [2.05, 4.69) is 4.98 Å². The molecule has 2 aromatic heterocycles. The molecule has 0 bridgehead atoms. The van der Waals surface area contributed by atoms with Crippen LogP contribution < -0.4 is 11.2 Å². The number of anilines is 1. The van der Waals surface area contributed by atoms with E-state index in [0.29, 0.717) is 5.65 Å². The van der Waals surface area contributed by atoms with Gasteiger partial charge >= 0.3 is 0 Å². The van der Waals surface area contributed by atoms with Crippen LogP contribution >= 0.6 is 11.8 Å². The molecule has 1 aliphatic carbocycles. The van der Waals surface area contributed by atoms with Crippen LogP contribution in [0.5, 0.6) is 0 Å². The highest BCUT2D eigenvalue weighted by Gasteiger charge is 2.30. The van der Waals surface area contributed by atoms with Gasteiger partial charge in [-0.1, -0.05) is 29.5 Å². The number of hydrogen-bond donors (Lipinski definition) is 1. The third-order valence-corrected chi connectivity index (χ3v) is 5.39. The predicted octanol–water partition coefficient (Wildman–Crippen LogP) is 3.78. The lowest BCUT2D eigenvalue weighted by molar-refractivity contribution is 0.589. The molecule has 0 atom stereocenters. The Hall–Kier alpha value is -2.85. The Morgan fingerprint density at radius 2 is 2.04 bits per heavy atom. The quantitative estimate of drug-likeness (QED) is 0.762. The lowest BCUT2D eigenvalue weighted by Crippen LogP contribution is -2.19. The van der Waals surface area contributed by atoms with Crippen molar-refractivity contribution in [3.05, 3.63) is 57.5 Å². The number of hydrogen-bond acceptors (Lipinski definition) is 5. The molecule has 26 heavy (non-hydrogen) atoms. The van der Waals surface area contributed by atoms with Gasteiger partial charge in [0, 0.05) is 10.9 Å². The van der Waals surface area contributed by atoms with E-state index >= 15 is 0 Å². The Kier molecular flexibility index (Phi) is 3.93. The molecule has 2 heterocycles. The SMILES string of the molecule is Cc1ccc(Sc2nc3c(cc2F)c(=O)c(C#N)c(N)n3C2CC2)cc1. The van der Waals surface area contributed by atoms with Crippen LogP contribution in [-0.2, 0) is 0 Å². The molecule has 2 N–H and O–H groups in total. The number of nitrogen functional groups attached to an aromatic ring is 1. The number of nitrogens with two attached hydrogens (primary N) is 1. The topological polar surface area (TPSA) is 84.7 Å². The first-order chi connectivity index (χ1) is 12.5. The molecule has 3 aromatic rings. The number of aryl methyl sites for hydroxylation is 1. The highest BCUT2D eigenvalue weighted by molar-refractivity contribution is 7.99. The number of pyridine rings is 2. The molecule has 0 saturated heterocycles. The zero-order valence-electron chi connectivity index (χ0n) is 14.0. The summed E-state index contributed by atoms with van der Waals surface area (Å²) in [4.78, 5) is 17.8. The Morgan fingerprint density at radius 1 is 1.35 bits per heavy atom. The third-order valence-electron chi connectivity index (χ3n) is 4.40. The summed E-state index contributed by atoms with van der Waals surface area (Å²) in [5.41, 5.74) is 6.79. The lowest BCUT2D eigenvalue weighted by Gasteiger charge is -2.15. The van der Waals surface area contributed by atoms with E-state index in [4.69, 9.17) is 5.73 Å². The fraction of sp³-hybridized carbons (Fsp3) is 0.211. The van der Waals surface area contributed by atoms with Gasteiger partial charge in [0.15, 0.2) is 5.82 Å². The Morgan fingerprint density at radius 3 is 2.65 bits per heavy atom. The van der Waals surface area contributed by atoms with Crippen molar-refractivity contribution in [3.8, 4) is 6.07 Å². The van der Waals surface area contributed by atoms with Gasteiger partial charge < -0.3 is 10.3 Å². The molecule has 5 nitrogen and oxygen atoms in total. The van der Waals surface area contributed by atoms with Gasteiger partial charge in [0.25, 0.3) is 0 Å². The predicted molar refractivity (Wildman–Crippen MR) is 98.7 cm³/mol. The van der Waals surface area contributed by atoms with Gasteiger partial charge in [-0.05, 0) is 38.0 Å². The maximum absolute atomic E-state index is 14.6. The average Bonchev–Trinajstić information content (AvgIpc) is 3.44. The summed E-state index contributed by atoms with van der Waals surface area (Å²) in [5, 5.41) is 9.54. The normalized spacial score (nSPS) is 13.7. The number of fused-ring (bicyclic) bond motifs is 1. The summed E-state index contributed by atoms with van der Waals surface area (Å²) in [7, 11) is 0. The van der Waals surface area contributed by atoms with Gasteiger partial charge in [0.1, 0.15) is 28.1 Å². The molecular formula is C19H15FN4OS. The summed E-state index contributed by atoms with van der Waals surface area (Å²) in [6, 6.07) is 10.8. The average molecular weight is 366 g/mol. The summed E-state index contributed by atoms with van der Waals surface area (Å²) < 4.78 is 16.3. The van der Waals surface area contributed by atoms with Gasteiger partial charge in [-0.3, -0.25) is 4.79 Å². The minimum absolute atomic E-state index is 0.0911. The molecular weight excluding hydrogens is 351 g/mol. The fourth-order valence-corrected chi connectivity index (χ4v) is 3.68. The van der Waals surface area contributed by atoms with Crippen LogP contribution in [0.25, 0.3) is 11.0 Å². The molecule has 0 unspecified atom stereocenters. The summed E-state index contributed by atoms with van der Waals surface area (Å²) in [5.74, 6) is -0.478. The highest BCUT2D eigenvalue weighted by atomic mass is 32.2. The van der Waals surface area contributed by atoms with E-state index < -0.39 is 11.2 Å². The van der Waals surface area contributed by atoms with Crippen molar-refractivity contribution in [3.63, 3.8) is 0 Å². The van der Waals surface area contributed by atoms with Crippen molar-refractivity contribution in [1.29, 1.82) is 5.26 Å². The van der Waals surface area contributed by atoms with Crippen LogP contribution in [0.15, 0.2) is 45.0 Å². The van der Waals surface area contributed by atoms with Crippen molar-refractivity contribution in [2.75, 3.05) is 5.73 Å². The van der Waals surface area contributed by atoms with Crippen molar-refractivity contribution < 1.29 is 4.39 Å². The smallest absolute Gasteiger partial charge is 0.211 e. The monoisotopic (exact) mass is 366 g/mol. The van der Waals surface area contributed by atoms with Crippen molar-refractivity contribution >= 4 is 28.6 Å².